The average Bonchev–Trinajstić information content (AvgIpc) is 2.80. The number of halogens is 3. The molecule has 18 heavy (non-hydrogen) atoms. The van der Waals surface area contributed by atoms with Gasteiger partial charge in [-0.2, -0.15) is 18.4 Å². The molecule has 0 N–H and O–H groups in total. The van der Waals surface area contributed by atoms with E-state index in [1.54, 1.807) is 24.3 Å². The van der Waals surface area contributed by atoms with E-state index in [9.17, 15) is 13.2 Å². The molecule has 0 aromatic heterocycles. The highest BCUT2D eigenvalue weighted by Gasteiger charge is 2.37. The molecule has 0 atom stereocenters. The van der Waals surface area contributed by atoms with E-state index in [4.69, 9.17) is 10.00 Å². The second kappa shape index (κ2) is 4.57. The number of rotatable bonds is 2. The Morgan fingerprint density at radius 1 is 1.17 bits per heavy atom. The van der Waals surface area contributed by atoms with Crippen LogP contribution in [0.25, 0.3) is 0 Å². The molecule has 2 rings (SSSR count). The molecule has 0 aliphatic heterocycles. The van der Waals surface area contributed by atoms with Gasteiger partial charge in [-0.05, 0) is 24.3 Å². The summed E-state index contributed by atoms with van der Waals surface area (Å²) >= 11 is 0. The summed E-state index contributed by atoms with van der Waals surface area (Å²) in [5.41, 5.74) is -1.47. The zero-order valence-corrected chi connectivity index (χ0v) is 9.11. The molecule has 0 saturated carbocycles. The third-order valence-electron chi connectivity index (χ3n) is 2.41. The van der Waals surface area contributed by atoms with E-state index in [0.717, 1.165) is 6.07 Å². The van der Waals surface area contributed by atoms with Crippen LogP contribution in [0.2, 0.25) is 0 Å². The molecule has 1 aromatic carbocycles. The number of hydrogen-bond acceptors (Lipinski definition) is 2. The highest BCUT2D eigenvalue weighted by atomic mass is 19.4. The maximum atomic E-state index is 12.9. The molecule has 1 aliphatic rings. The van der Waals surface area contributed by atoms with Crippen molar-refractivity contribution in [3.63, 3.8) is 0 Å². The van der Waals surface area contributed by atoms with Crippen LogP contribution in [0.1, 0.15) is 11.1 Å². The molecule has 0 heterocycles. The quantitative estimate of drug-likeness (QED) is 0.806. The van der Waals surface area contributed by atoms with Gasteiger partial charge in [-0.1, -0.05) is 18.2 Å². The minimum absolute atomic E-state index is 0.331. The lowest BCUT2D eigenvalue weighted by molar-refractivity contribution is -0.139. The Morgan fingerprint density at radius 2 is 1.83 bits per heavy atom. The fourth-order valence-electron chi connectivity index (χ4n) is 1.65. The summed E-state index contributed by atoms with van der Waals surface area (Å²) in [4.78, 5) is 0. The number of hydrogen-bond donors (Lipinski definition) is 0. The number of benzene rings is 1. The fraction of sp³-hybridized carbons (Fsp3) is 0.154. The van der Waals surface area contributed by atoms with E-state index in [-0.39, 0.29) is 5.75 Å². The molecule has 0 unspecified atom stereocenters. The second-order valence-electron chi connectivity index (χ2n) is 3.64. The Labute approximate surface area is 102 Å². The van der Waals surface area contributed by atoms with Gasteiger partial charge in [0.05, 0.1) is 11.6 Å². The van der Waals surface area contributed by atoms with Gasteiger partial charge in [0.2, 0.25) is 0 Å². The number of nitriles is 1. The van der Waals surface area contributed by atoms with Gasteiger partial charge in [0.15, 0.2) is 0 Å². The summed E-state index contributed by atoms with van der Waals surface area (Å²) in [6, 6.07) is 5.23. The lowest BCUT2D eigenvalue weighted by Crippen LogP contribution is -2.15. The van der Waals surface area contributed by atoms with Gasteiger partial charge in [-0.3, -0.25) is 0 Å². The van der Waals surface area contributed by atoms with Crippen LogP contribution in [-0.4, -0.2) is 6.10 Å². The van der Waals surface area contributed by atoms with Crippen LogP contribution < -0.4 is 4.74 Å². The van der Waals surface area contributed by atoms with Crippen molar-refractivity contribution in [2.24, 2.45) is 0 Å². The van der Waals surface area contributed by atoms with Gasteiger partial charge in [0.1, 0.15) is 17.4 Å². The normalized spacial score (nSPS) is 14.8. The Bertz CT molecular complexity index is 540. The van der Waals surface area contributed by atoms with Crippen molar-refractivity contribution in [2.75, 3.05) is 0 Å². The van der Waals surface area contributed by atoms with Gasteiger partial charge in [0, 0.05) is 0 Å². The van der Waals surface area contributed by atoms with Crippen LogP contribution in [0.3, 0.4) is 0 Å². The monoisotopic (exact) mass is 251 g/mol. The van der Waals surface area contributed by atoms with Gasteiger partial charge in [-0.25, -0.2) is 0 Å². The van der Waals surface area contributed by atoms with Gasteiger partial charge in [-0.15, -0.1) is 0 Å². The highest BCUT2D eigenvalue weighted by Crippen LogP contribution is 2.39. The molecular formula is C13H8F3NO. The molecule has 0 fully saturated rings. The SMILES string of the molecule is N#Cc1cccc(OC2C=CC=C2)c1C(F)(F)F. The highest BCUT2D eigenvalue weighted by molar-refractivity contribution is 5.49. The van der Waals surface area contributed by atoms with Crippen LogP contribution in [0.4, 0.5) is 13.2 Å². The summed E-state index contributed by atoms with van der Waals surface area (Å²) in [5.74, 6) is -0.331. The van der Waals surface area contributed by atoms with Gasteiger partial charge in [0.25, 0.3) is 0 Å². The van der Waals surface area contributed by atoms with Crippen molar-refractivity contribution >= 4 is 0 Å². The Morgan fingerprint density at radius 3 is 2.39 bits per heavy atom. The third-order valence-corrected chi connectivity index (χ3v) is 2.41. The fourth-order valence-corrected chi connectivity index (χ4v) is 1.65. The Kier molecular flexibility index (Phi) is 3.11. The Hall–Kier alpha value is -2.22. The largest absolute Gasteiger partial charge is 0.482 e. The molecule has 1 aromatic rings. The van der Waals surface area contributed by atoms with Crippen LogP contribution in [0, 0.1) is 11.3 Å². The second-order valence-corrected chi connectivity index (χ2v) is 3.64. The molecule has 0 radical (unpaired) electrons. The number of nitrogens with zero attached hydrogens (tertiary/aromatic N) is 1. The maximum Gasteiger partial charge on any atom is 0.421 e. The van der Waals surface area contributed by atoms with Crippen molar-refractivity contribution in [3.05, 3.63) is 53.6 Å². The first-order valence-corrected chi connectivity index (χ1v) is 5.14. The molecule has 0 spiro atoms. The van der Waals surface area contributed by atoms with Crippen LogP contribution in [0.15, 0.2) is 42.5 Å². The smallest absolute Gasteiger partial charge is 0.421 e. The minimum atomic E-state index is -4.62. The lowest BCUT2D eigenvalue weighted by Gasteiger charge is -2.17. The molecule has 1 aliphatic carbocycles. The summed E-state index contributed by atoms with van der Waals surface area (Å²) < 4.78 is 43.9. The van der Waals surface area contributed by atoms with Gasteiger partial charge < -0.3 is 4.74 Å². The van der Waals surface area contributed by atoms with E-state index in [0.29, 0.717) is 0 Å². The Balaban J connectivity index is 2.43. The summed E-state index contributed by atoms with van der Waals surface area (Å²) in [5, 5.41) is 8.73. The van der Waals surface area contributed by atoms with Crippen molar-refractivity contribution < 1.29 is 17.9 Å². The zero-order valence-electron chi connectivity index (χ0n) is 9.11. The third kappa shape index (κ3) is 2.38. The van der Waals surface area contributed by atoms with E-state index in [1.165, 1.54) is 18.2 Å². The van der Waals surface area contributed by atoms with Crippen LogP contribution in [-0.2, 0) is 6.18 Å². The average molecular weight is 251 g/mol. The van der Waals surface area contributed by atoms with Gasteiger partial charge >= 0.3 is 6.18 Å². The first kappa shape index (κ1) is 12.2. The number of ether oxygens (including phenoxy) is 1. The van der Waals surface area contributed by atoms with Crippen molar-refractivity contribution in [3.8, 4) is 11.8 Å². The summed E-state index contributed by atoms with van der Waals surface area (Å²) in [6.07, 6.45) is 1.48. The minimum Gasteiger partial charge on any atom is -0.482 e. The summed E-state index contributed by atoms with van der Waals surface area (Å²) in [6.45, 7) is 0. The maximum absolute atomic E-state index is 12.9. The van der Waals surface area contributed by atoms with E-state index >= 15 is 0 Å². The van der Waals surface area contributed by atoms with E-state index in [1.807, 2.05) is 0 Å². The number of allylic oxidation sites excluding steroid dienone is 2. The standard InChI is InChI=1S/C13H8F3NO/c14-13(15,16)12-9(8-17)4-3-7-11(12)18-10-5-1-2-6-10/h1-7,10H. The molecule has 0 saturated heterocycles. The van der Waals surface area contributed by atoms with E-state index in [2.05, 4.69) is 0 Å². The van der Waals surface area contributed by atoms with Crippen molar-refractivity contribution in [2.45, 2.75) is 12.3 Å². The topological polar surface area (TPSA) is 33.0 Å². The van der Waals surface area contributed by atoms with Crippen molar-refractivity contribution in [1.82, 2.24) is 0 Å². The molecule has 0 bridgehead atoms. The molecule has 92 valence electrons. The molecular weight excluding hydrogens is 243 g/mol. The van der Waals surface area contributed by atoms with Crippen molar-refractivity contribution in [1.29, 1.82) is 5.26 Å². The molecule has 5 heteroatoms. The van der Waals surface area contributed by atoms with Crippen LogP contribution >= 0.6 is 0 Å². The predicted molar refractivity (Wildman–Crippen MR) is 58.9 cm³/mol. The first-order valence-electron chi connectivity index (χ1n) is 5.14. The van der Waals surface area contributed by atoms with E-state index < -0.39 is 23.4 Å². The number of alkyl halides is 3. The summed E-state index contributed by atoms with van der Waals surface area (Å²) in [7, 11) is 0. The molecule has 0 amide bonds. The first-order chi connectivity index (χ1) is 8.52. The lowest BCUT2D eigenvalue weighted by atomic mass is 10.1. The molecule has 2 nitrogen and oxygen atoms in total. The zero-order chi connectivity index (χ0) is 13.2. The van der Waals surface area contributed by atoms with Crippen LogP contribution in [0.5, 0.6) is 5.75 Å². The predicted octanol–water partition coefficient (Wildman–Crippen LogP) is 3.45.